The summed E-state index contributed by atoms with van der Waals surface area (Å²) in [7, 11) is 1.63. The van der Waals surface area contributed by atoms with E-state index in [1.165, 1.54) is 0 Å². The number of aliphatic hydroxyl groups excluding tert-OH is 1. The van der Waals surface area contributed by atoms with Crippen molar-refractivity contribution in [3.8, 4) is 5.75 Å². The van der Waals surface area contributed by atoms with E-state index in [0.717, 1.165) is 11.3 Å². The molecule has 1 N–H and O–H groups in total. The van der Waals surface area contributed by atoms with Crippen molar-refractivity contribution in [2.24, 2.45) is 5.41 Å². The fourth-order valence-electron chi connectivity index (χ4n) is 2.17. The van der Waals surface area contributed by atoms with Crippen LogP contribution in [0.5, 0.6) is 5.75 Å². The third kappa shape index (κ3) is 4.51. The summed E-state index contributed by atoms with van der Waals surface area (Å²) < 4.78 is 11.1. The minimum atomic E-state index is -0.666. The average Bonchev–Trinajstić information content (AvgIpc) is 2.27. The smallest absolute Gasteiger partial charge is 0.120 e. The van der Waals surface area contributed by atoms with Crippen molar-refractivity contribution in [3.05, 3.63) is 29.8 Å². The van der Waals surface area contributed by atoms with Crippen molar-refractivity contribution in [2.45, 2.75) is 52.9 Å². The number of hydrogen-bond donors (Lipinski definition) is 1. The van der Waals surface area contributed by atoms with Crippen LogP contribution in [0.1, 0.15) is 46.3 Å². The number of rotatable bonds is 5. The first-order chi connectivity index (χ1) is 8.75. The molecule has 1 rings (SSSR count). The Morgan fingerprint density at radius 1 is 1.16 bits per heavy atom. The summed E-state index contributed by atoms with van der Waals surface area (Å²) in [5.41, 5.74) is 0.684. The Bertz CT molecular complexity index is 393. The molecule has 3 nitrogen and oxygen atoms in total. The van der Waals surface area contributed by atoms with Crippen LogP contribution in [0.2, 0.25) is 0 Å². The van der Waals surface area contributed by atoms with Crippen molar-refractivity contribution in [3.63, 3.8) is 0 Å². The summed E-state index contributed by atoms with van der Waals surface area (Å²) in [6.45, 7) is 10.1. The van der Waals surface area contributed by atoms with Gasteiger partial charge in [0.05, 0.1) is 12.2 Å². The fourth-order valence-corrected chi connectivity index (χ4v) is 2.17. The Morgan fingerprint density at radius 2 is 1.79 bits per heavy atom. The summed E-state index contributed by atoms with van der Waals surface area (Å²) in [6.07, 6.45) is -0.809. The maximum atomic E-state index is 10.5. The lowest BCUT2D eigenvalue weighted by molar-refractivity contribution is -0.0725. The summed E-state index contributed by atoms with van der Waals surface area (Å²) >= 11 is 0. The number of ether oxygens (including phenoxy) is 2. The third-order valence-electron chi connectivity index (χ3n) is 2.97. The molecule has 1 aromatic carbocycles. The molecule has 0 aromatic heterocycles. The molecule has 1 aromatic rings. The highest BCUT2D eigenvalue weighted by Gasteiger charge is 2.32. The molecule has 0 saturated heterocycles. The normalized spacial score (nSPS) is 15.4. The number of hydrogen-bond acceptors (Lipinski definition) is 3. The van der Waals surface area contributed by atoms with Crippen molar-refractivity contribution in [1.29, 1.82) is 0 Å². The van der Waals surface area contributed by atoms with Crippen LogP contribution in [0.3, 0.4) is 0 Å². The van der Waals surface area contributed by atoms with E-state index in [-0.39, 0.29) is 17.6 Å². The van der Waals surface area contributed by atoms with Gasteiger partial charge in [-0.25, -0.2) is 0 Å². The van der Waals surface area contributed by atoms with Crippen LogP contribution in [0, 0.1) is 5.41 Å². The minimum absolute atomic E-state index is 0.119. The van der Waals surface area contributed by atoms with Gasteiger partial charge in [0, 0.05) is 7.11 Å². The lowest BCUT2D eigenvalue weighted by Crippen LogP contribution is -2.34. The van der Waals surface area contributed by atoms with Gasteiger partial charge in [-0.05, 0) is 37.0 Å². The zero-order valence-corrected chi connectivity index (χ0v) is 12.8. The lowest BCUT2D eigenvalue weighted by Gasteiger charge is -2.33. The van der Waals surface area contributed by atoms with Crippen molar-refractivity contribution in [1.82, 2.24) is 0 Å². The standard InChI is InChI=1S/C16H26O3/c1-11(2)19-13-9-7-8-12(10-13)14(17)15(18-6)16(3,4)5/h7-11,14-15,17H,1-6H3. The average molecular weight is 266 g/mol. The topological polar surface area (TPSA) is 38.7 Å². The van der Waals surface area contributed by atoms with E-state index in [4.69, 9.17) is 9.47 Å². The molecule has 0 aliphatic rings. The van der Waals surface area contributed by atoms with Gasteiger partial charge in [0.25, 0.3) is 0 Å². The van der Waals surface area contributed by atoms with E-state index in [0.29, 0.717) is 0 Å². The van der Waals surface area contributed by atoms with E-state index in [1.807, 2.05) is 38.1 Å². The molecule has 0 aliphatic carbocycles. The van der Waals surface area contributed by atoms with Crippen LogP contribution in [-0.2, 0) is 4.74 Å². The molecule has 0 amide bonds. The molecule has 0 spiro atoms. The zero-order valence-electron chi connectivity index (χ0n) is 12.8. The van der Waals surface area contributed by atoms with Gasteiger partial charge in [-0.1, -0.05) is 32.9 Å². The second kappa shape index (κ2) is 6.40. The molecule has 0 radical (unpaired) electrons. The highest BCUT2D eigenvalue weighted by atomic mass is 16.5. The molecule has 3 heteroatoms. The van der Waals surface area contributed by atoms with E-state index >= 15 is 0 Å². The van der Waals surface area contributed by atoms with Crippen molar-refractivity contribution < 1.29 is 14.6 Å². The molecule has 2 unspecified atom stereocenters. The Hall–Kier alpha value is -1.06. The fraction of sp³-hybridized carbons (Fsp3) is 0.625. The molecule has 108 valence electrons. The van der Waals surface area contributed by atoms with Crippen LogP contribution in [0.25, 0.3) is 0 Å². The summed E-state index contributed by atoms with van der Waals surface area (Å²) in [4.78, 5) is 0. The Labute approximate surface area is 116 Å². The number of aliphatic hydroxyl groups is 1. The molecule has 0 bridgehead atoms. The van der Waals surface area contributed by atoms with E-state index in [2.05, 4.69) is 20.8 Å². The molecule has 0 saturated carbocycles. The second-order valence-electron chi connectivity index (χ2n) is 6.21. The molecular weight excluding hydrogens is 240 g/mol. The summed E-state index contributed by atoms with van der Waals surface area (Å²) in [5.74, 6) is 0.773. The van der Waals surface area contributed by atoms with E-state index in [1.54, 1.807) is 7.11 Å². The largest absolute Gasteiger partial charge is 0.491 e. The van der Waals surface area contributed by atoms with Crippen molar-refractivity contribution in [2.75, 3.05) is 7.11 Å². The summed E-state index contributed by atoms with van der Waals surface area (Å²) in [5, 5.41) is 10.5. The van der Waals surface area contributed by atoms with Crippen LogP contribution in [0.15, 0.2) is 24.3 Å². The van der Waals surface area contributed by atoms with Gasteiger partial charge in [-0.3, -0.25) is 0 Å². The molecular formula is C16H26O3. The van der Waals surface area contributed by atoms with Crippen LogP contribution >= 0.6 is 0 Å². The second-order valence-corrected chi connectivity index (χ2v) is 6.21. The number of methoxy groups -OCH3 is 1. The van der Waals surface area contributed by atoms with Gasteiger partial charge in [-0.2, -0.15) is 0 Å². The molecule has 0 fully saturated rings. The Kier molecular flexibility index (Phi) is 5.39. The molecule has 0 aliphatic heterocycles. The van der Waals surface area contributed by atoms with Gasteiger partial charge < -0.3 is 14.6 Å². The maximum Gasteiger partial charge on any atom is 0.120 e. The predicted octanol–water partition coefficient (Wildman–Crippen LogP) is 3.57. The van der Waals surface area contributed by atoms with Crippen LogP contribution < -0.4 is 4.74 Å². The number of benzene rings is 1. The Morgan fingerprint density at radius 3 is 2.26 bits per heavy atom. The van der Waals surface area contributed by atoms with E-state index in [9.17, 15) is 5.11 Å². The summed E-state index contributed by atoms with van der Waals surface area (Å²) in [6, 6.07) is 7.57. The first kappa shape index (κ1) is 16.0. The molecule has 0 heterocycles. The minimum Gasteiger partial charge on any atom is -0.491 e. The first-order valence-corrected chi connectivity index (χ1v) is 6.73. The third-order valence-corrected chi connectivity index (χ3v) is 2.97. The molecule has 19 heavy (non-hydrogen) atoms. The monoisotopic (exact) mass is 266 g/mol. The van der Waals surface area contributed by atoms with Crippen LogP contribution in [0.4, 0.5) is 0 Å². The van der Waals surface area contributed by atoms with Gasteiger partial charge in [-0.15, -0.1) is 0 Å². The van der Waals surface area contributed by atoms with E-state index < -0.39 is 6.10 Å². The zero-order chi connectivity index (χ0) is 14.6. The SMILES string of the molecule is COC(C(O)c1cccc(OC(C)C)c1)C(C)(C)C. The quantitative estimate of drug-likeness (QED) is 0.885. The van der Waals surface area contributed by atoms with Crippen molar-refractivity contribution >= 4 is 0 Å². The Balaban J connectivity index is 2.95. The first-order valence-electron chi connectivity index (χ1n) is 6.73. The molecule has 2 atom stereocenters. The predicted molar refractivity (Wildman–Crippen MR) is 77.4 cm³/mol. The van der Waals surface area contributed by atoms with Gasteiger partial charge in [0.15, 0.2) is 0 Å². The van der Waals surface area contributed by atoms with Crippen LogP contribution in [-0.4, -0.2) is 24.4 Å². The lowest BCUT2D eigenvalue weighted by atomic mass is 9.83. The van der Waals surface area contributed by atoms with Gasteiger partial charge in [0.2, 0.25) is 0 Å². The van der Waals surface area contributed by atoms with Gasteiger partial charge in [0.1, 0.15) is 11.9 Å². The maximum absolute atomic E-state index is 10.5. The highest BCUT2D eigenvalue weighted by molar-refractivity contribution is 5.30. The highest BCUT2D eigenvalue weighted by Crippen LogP contribution is 2.33. The van der Waals surface area contributed by atoms with Gasteiger partial charge >= 0.3 is 0 Å².